The van der Waals surface area contributed by atoms with Crippen molar-refractivity contribution < 1.29 is 120 Å². The van der Waals surface area contributed by atoms with E-state index in [1.54, 1.807) is 101 Å². The van der Waals surface area contributed by atoms with Crippen molar-refractivity contribution in [2.75, 3.05) is 109 Å². The third kappa shape index (κ3) is 23.8. The normalized spacial score (nSPS) is 33.1. The summed E-state index contributed by atoms with van der Waals surface area (Å²) in [6, 6.07) is 8.38. The Kier molecular flexibility index (Phi) is 22.1. The maximum absolute atomic E-state index is 13.0. The molecule has 8 aliphatic rings. The molecule has 8 N–H and O–H groups in total. The maximum Gasteiger partial charge on any atom is 0.323 e. The van der Waals surface area contributed by atoms with Gasteiger partial charge >= 0.3 is 23.9 Å². The summed E-state index contributed by atoms with van der Waals surface area (Å²) in [7, 11) is 3.55. The van der Waals surface area contributed by atoms with Crippen molar-refractivity contribution in [1.29, 1.82) is 0 Å². The lowest BCUT2D eigenvalue weighted by atomic mass is 9.79. The predicted octanol–water partition coefficient (Wildman–Crippen LogP) is 14.3. The van der Waals surface area contributed by atoms with Gasteiger partial charge in [0, 0.05) is 159 Å². The maximum atomic E-state index is 13.0. The molecule has 0 spiro atoms. The van der Waals surface area contributed by atoms with E-state index in [1.807, 2.05) is 39.0 Å². The molecular weight excluding hydrogens is 1520 g/mol. The second-order valence-electron chi connectivity index (χ2n) is 33.5. The van der Waals surface area contributed by atoms with Crippen LogP contribution in [0.5, 0.6) is 46.0 Å². The average Bonchev–Trinajstić information content (AvgIpc) is 0.699. The minimum absolute atomic E-state index is 0.0221. The third-order valence-electron chi connectivity index (χ3n) is 23.9. The van der Waals surface area contributed by atoms with Gasteiger partial charge in [0.1, 0.15) is 48.5 Å². The molecule has 4 fully saturated rings. The van der Waals surface area contributed by atoms with Gasteiger partial charge in [0.25, 0.3) is 0 Å². The minimum atomic E-state index is -3.03. The van der Waals surface area contributed by atoms with Gasteiger partial charge < -0.3 is 79.8 Å². The van der Waals surface area contributed by atoms with Crippen LogP contribution in [0.2, 0.25) is 0 Å². The summed E-state index contributed by atoms with van der Waals surface area (Å²) in [5.74, 6) is -16.8. The van der Waals surface area contributed by atoms with Crippen molar-refractivity contribution in [3.8, 4) is 46.0 Å². The van der Waals surface area contributed by atoms with Crippen LogP contribution < -0.4 is 60.8 Å². The molecule has 8 heterocycles. The van der Waals surface area contributed by atoms with Gasteiger partial charge in [-0.25, -0.2) is 0 Å². The van der Waals surface area contributed by atoms with Crippen LogP contribution in [0.25, 0.3) is 0 Å². The zero-order valence-electron chi connectivity index (χ0n) is 105. The van der Waals surface area contributed by atoms with Gasteiger partial charge in [-0.15, -0.1) is 0 Å². The van der Waals surface area contributed by atoms with Crippen molar-refractivity contribution in [2.24, 2.45) is 93.9 Å². The van der Waals surface area contributed by atoms with Gasteiger partial charge in [-0.2, -0.15) is 0 Å². The summed E-state index contributed by atoms with van der Waals surface area (Å²) in [4.78, 5) is 59.7. The van der Waals surface area contributed by atoms with Gasteiger partial charge in [-0.3, -0.25) is 38.8 Å². The second kappa shape index (κ2) is 43.9. The number of rotatable bonds is 28. The van der Waals surface area contributed by atoms with Crippen LogP contribution >= 0.6 is 0 Å². The van der Waals surface area contributed by atoms with Gasteiger partial charge in [0.05, 0.1) is 67.7 Å². The number of hydrogen-bond acceptors (Lipinski definition) is 24. The molecule has 4 saturated heterocycles. The Bertz CT molecular complexity index is 5450. The fourth-order valence-corrected chi connectivity index (χ4v) is 16.9. The first-order valence-corrected chi connectivity index (χ1v) is 41.4. The Labute approximate surface area is 763 Å². The first-order valence-electron chi connectivity index (χ1n) is 57.4. The molecule has 24 nitrogen and oxygen atoms in total. The Morgan fingerprint density at radius 3 is 0.825 bits per heavy atom. The number of esters is 4. The van der Waals surface area contributed by atoms with Gasteiger partial charge in [-0.1, -0.05) is 110 Å². The molecule has 0 bridgehead atoms. The molecule has 120 heavy (non-hydrogen) atoms. The van der Waals surface area contributed by atoms with E-state index in [0.29, 0.717) is 80.4 Å². The topological polar surface area (TPSA) is 296 Å². The van der Waals surface area contributed by atoms with Crippen LogP contribution in [0, 0.1) is 70.9 Å². The molecule has 0 radical (unpaired) electrons. The van der Waals surface area contributed by atoms with Crippen molar-refractivity contribution in [2.45, 2.75) is 260 Å². The molecule has 16 unspecified atom stereocenters. The number of piperidine rings is 4. The second-order valence-corrected chi connectivity index (χ2v) is 33.5. The molecule has 24 heteroatoms. The highest BCUT2D eigenvalue weighted by Crippen LogP contribution is 2.50. The van der Waals surface area contributed by atoms with E-state index < -0.39 is 199 Å². The number of carbonyl (C=O) groups is 4. The van der Waals surface area contributed by atoms with Gasteiger partial charge in [0.15, 0.2) is 46.0 Å². The quantitative estimate of drug-likeness (QED) is 0.0303. The van der Waals surface area contributed by atoms with Gasteiger partial charge in [0.2, 0.25) is 0 Å². The molecule has 4 aromatic rings. The fraction of sp³-hybridized carbons (Fsp3) is 0.708. The number of benzene rings is 4. The zero-order valence-corrected chi connectivity index (χ0v) is 73.0. The lowest BCUT2D eigenvalue weighted by Crippen LogP contribution is -2.51. The summed E-state index contributed by atoms with van der Waals surface area (Å²) in [6.45, 7) is 8.07. The van der Waals surface area contributed by atoms with Crippen LogP contribution in [-0.4, -0.2) is 201 Å². The predicted molar refractivity (Wildman–Crippen MR) is 471 cm³/mol. The number of hydrogen-bond donors (Lipinski definition) is 4. The number of methoxy groups -OCH3 is 8. The van der Waals surface area contributed by atoms with Crippen LogP contribution in [0.3, 0.4) is 0 Å². The lowest BCUT2D eigenvalue weighted by Gasteiger charge is -2.47. The molecule has 12 rings (SSSR count). The van der Waals surface area contributed by atoms with Gasteiger partial charge in [-0.05, 0) is 191 Å². The molecule has 672 valence electrons. The molecule has 0 saturated carbocycles. The molecule has 0 aliphatic carbocycles. The van der Waals surface area contributed by atoms with E-state index in [-0.39, 0.29) is 111 Å². The van der Waals surface area contributed by atoms with E-state index in [1.165, 1.54) is 21.3 Å². The molecular formula is C96H152N8O16. The molecule has 8 aliphatic heterocycles. The van der Waals surface area contributed by atoms with Crippen LogP contribution in [0.4, 0.5) is 0 Å². The van der Waals surface area contributed by atoms with Crippen LogP contribution in [0.15, 0.2) is 48.5 Å². The van der Waals surface area contributed by atoms with Crippen molar-refractivity contribution in [1.82, 2.24) is 19.6 Å². The molecule has 0 amide bonds. The Morgan fingerprint density at radius 1 is 0.358 bits per heavy atom. The number of nitrogens with two attached hydrogens (primary N) is 4. The first-order chi connectivity index (χ1) is 69.2. The Morgan fingerprint density at radius 2 is 0.583 bits per heavy atom. The van der Waals surface area contributed by atoms with E-state index in [4.69, 9.17) is 121 Å². The highest BCUT2D eigenvalue weighted by atomic mass is 16.6. The highest BCUT2D eigenvalue weighted by molar-refractivity contribution is 5.77. The Balaban J connectivity index is 0.000000225. The van der Waals surface area contributed by atoms with E-state index in [9.17, 15) is 21.9 Å². The summed E-state index contributed by atoms with van der Waals surface area (Å²) in [5, 5.41) is 0. The average molecular weight is 1710 g/mol. The van der Waals surface area contributed by atoms with Crippen LogP contribution in [-0.2, 0) is 63.8 Å². The van der Waals surface area contributed by atoms with E-state index in [2.05, 4.69) is 4.90 Å². The number of ether oxygens (including phenoxy) is 12. The van der Waals surface area contributed by atoms with E-state index >= 15 is 0 Å². The van der Waals surface area contributed by atoms with Crippen molar-refractivity contribution >= 4 is 23.9 Å². The summed E-state index contributed by atoms with van der Waals surface area (Å²) >= 11 is 0. The first kappa shape index (κ1) is 60.4. The summed E-state index contributed by atoms with van der Waals surface area (Å²) in [6.07, 6.45) is -14.9. The van der Waals surface area contributed by atoms with Crippen molar-refractivity contribution in [3.63, 3.8) is 0 Å². The molecule has 0 aromatic heterocycles. The minimum Gasteiger partial charge on any atom is -0.493 e. The SMILES string of the molecule is [2H]C([2H])([2H])C([2H])(C)C([2H])([2H])C1CN2CCc3cc(OC)c(OC)cc3C2CC1OC(=O)[C@@H](N)C(C)C.[2H]C([2H])([2H])Oc1cc2c(cc1OC)C1CC(OC(=O)[C@@H](N)C(C)C)C(C([2H])([2H])C([2H])(C)C([2H])([2H])[2H])CN1CC2.[2H]C([2H])([2H])Oc1cc2c(cc1OC)C1CC([2H])(OC(=O)[C@@H](N)C(C)C)C(C([2H])([2H])C([2H])(C)C([2H])([2H])[2H])CN1CC2.[2H]C1(OC(=O)[C@@H](N)C(C)C)CC2c3cc(OC)c(OC)cc3CCN2CC1C([2H])([2H])C([2H])(C)C([2H])([2H])[2H]. The third-order valence-corrected chi connectivity index (χ3v) is 23.9. The molecule has 4 aromatic carbocycles. The largest absolute Gasteiger partial charge is 0.493 e. The Hall–Kier alpha value is -7.16. The summed E-state index contributed by atoms with van der Waals surface area (Å²) in [5.41, 5.74) is 30.9. The van der Waals surface area contributed by atoms with E-state index in [0.717, 1.165) is 66.6 Å². The lowest BCUT2D eigenvalue weighted by molar-refractivity contribution is -0.161. The smallest absolute Gasteiger partial charge is 0.323 e. The fourth-order valence-electron chi connectivity index (χ4n) is 16.9. The van der Waals surface area contributed by atoms with Crippen LogP contribution in [0.1, 0.15) is 274 Å². The molecule has 20 atom stereocenters. The summed E-state index contributed by atoms with van der Waals surface area (Å²) < 4.78 is 328. The number of carbonyl (C=O) groups excluding carboxylic acids is 4. The monoisotopic (exact) mass is 1710 g/mol. The number of nitrogens with zero attached hydrogens (tertiary/aromatic N) is 4. The standard InChI is InChI=1S/4C24H38N2O4/c4*1-14(2)9-17-13-26-8-7-16-10-21(28-5)22(29-6)11-18(16)19(26)12-20(17)30-24(27)23(25)15(3)4/h4*10-11,14-15,17,19-20,23H,7-9,12-13,25H2,1-6H3/t4*17?,19?,20?,23-/m0000/s1/i1D3,5D3,9D2,14D,20D;1D3,9D2,14D,20D;1D3,5D3,9D2,14D;1D3,9D2,14D/t4*14?,17?,19?,20?,23-. The van der Waals surface area contributed by atoms with Crippen molar-refractivity contribution in [3.05, 3.63) is 93.0 Å². The number of fused-ring (bicyclic) bond motifs is 12. The zero-order chi connectivity index (χ0) is 116. The highest BCUT2D eigenvalue weighted by Gasteiger charge is 2.47.